The van der Waals surface area contributed by atoms with Crippen LogP contribution >= 0.6 is 0 Å². The molecule has 1 atom stereocenters. The summed E-state index contributed by atoms with van der Waals surface area (Å²) in [5.74, 6) is -1.09. The molecule has 0 aliphatic carbocycles. The Kier molecular flexibility index (Phi) is 3.76. The number of hydrogen-bond acceptors (Lipinski definition) is 7. The molecular formula is C9H14N2O5S. The molecular weight excluding hydrogens is 248 g/mol. The molecule has 0 aliphatic rings. The average Bonchev–Trinajstić information content (AvgIpc) is 2.58. The molecule has 1 aromatic rings. The maximum Gasteiger partial charge on any atom is 0.362 e. The Labute approximate surface area is 98.9 Å². The van der Waals surface area contributed by atoms with Crippen LogP contribution in [0.25, 0.3) is 0 Å². The summed E-state index contributed by atoms with van der Waals surface area (Å²) < 4.78 is 32.2. The highest BCUT2D eigenvalue weighted by Crippen LogP contribution is 2.24. The van der Waals surface area contributed by atoms with Crippen molar-refractivity contribution in [2.45, 2.75) is 19.1 Å². The third-order valence-electron chi connectivity index (χ3n) is 2.13. The largest absolute Gasteiger partial charge is 0.461 e. The van der Waals surface area contributed by atoms with E-state index in [-0.39, 0.29) is 24.1 Å². The molecule has 8 heteroatoms. The third kappa shape index (κ3) is 2.96. The summed E-state index contributed by atoms with van der Waals surface area (Å²) in [7, 11) is -3.36. The molecule has 0 amide bonds. The molecule has 1 unspecified atom stereocenters. The third-order valence-corrected chi connectivity index (χ3v) is 3.61. The summed E-state index contributed by atoms with van der Waals surface area (Å²) in [5, 5.41) is -0.965. The lowest BCUT2D eigenvalue weighted by Gasteiger charge is -2.02. The number of nitrogens with zero attached hydrogens (tertiary/aromatic N) is 1. The van der Waals surface area contributed by atoms with Crippen LogP contribution in [0.4, 0.5) is 5.88 Å². The molecule has 0 saturated heterocycles. The molecule has 1 rings (SSSR count). The number of esters is 1. The first-order valence-corrected chi connectivity index (χ1v) is 6.85. The highest BCUT2D eigenvalue weighted by molar-refractivity contribution is 7.90. The predicted octanol–water partition coefficient (Wildman–Crippen LogP) is 0.539. The molecule has 17 heavy (non-hydrogen) atoms. The van der Waals surface area contributed by atoms with Crippen LogP contribution in [0.5, 0.6) is 0 Å². The van der Waals surface area contributed by atoms with Crippen molar-refractivity contribution in [3.63, 3.8) is 0 Å². The number of anilines is 1. The molecule has 7 nitrogen and oxygen atoms in total. The van der Waals surface area contributed by atoms with E-state index in [1.165, 1.54) is 6.92 Å². The van der Waals surface area contributed by atoms with Gasteiger partial charge in [-0.3, -0.25) is 0 Å². The van der Waals surface area contributed by atoms with Crippen molar-refractivity contribution < 1.29 is 22.4 Å². The summed E-state index contributed by atoms with van der Waals surface area (Å²) in [5.41, 5.74) is 5.23. The first-order valence-electron chi connectivity index (χ1n) is 4.89. The Hall–Kier alpha value is -1.57. The van der Waals surface area contributed by atoms with Gasteiger partial charge in [0.1, 0.15) is 5.25 Å². The van der Waals surface area contributed by atoms with Crippen molar-refractivity contribution in [2.24, 2.45) is 0 Å². The molecule has 0 aliphatic heterocycles. The zero-order chi connectivity index (χ0) is 13.2. The fourth-order valence-electron chi connectivity index (χ4n) is 1.05. The van der Waals surface area contributed by atoms with Gasteiger partial charge in [0.25, 0.3) is 0 Å². The molecule has 0 bridgehead atoms. The number of sulfone groups is 1. The zero-order valence-electron chi connectivity index (χ0n) is 9.76. The van der Waals surface area contributed by atoms with Gasteiger partial charge >= 0.3 is 5.97 Å². The molecule has 96 valence electrons. The van der Waals surface area contributed by atoms with E-state index in [1.807, 2.05) is 0 Å². The summed E-state index contributed by atoms with van der Waals surface area (Å²) in [4.78, 5) is 15.1. The number of carbonyl (C=O) groups is 1. The van der Waals surface area contributed by atoms with Crippen LogP contribution < -0.4 is 5.73 Å². The summed E-state index contributed by atoms with van der Waals surface area (Å²) >= 11 is 0. The van der Waals surface area contributed by atoms with Gasteiger partial charge in [0.2, 0.25) is 17.5 Å². The van der Waals surface area contributed by atoms with Crippen molar-refractivity contribution in [1.82, 2.24) is 4.98 Å². The van der Waals surface area contributed by atoms with Gasteiger partial charge in [-0.25, -0.2) is 18.2 Å². The Bertz CT molecular complexity index is 519. The second-order valence-electron chi connectivity index (χ2n) is 3.46. The number of nitrogen functional groups attached to an aromatic ring is 1. The number of hydrogen-bond donors (Lipinski definition) is 1. The van der Waals surface area contributed by atoms with Crippen LogP contribution in [0, 0.1) is 0 Å². The summed E-state index contributed by atoms with van der Waals surface area (Å²) in [6.45, 7) is 3.20. The monoisotopic (exact) mass is 262 g/mol. The van der Waals surface area contributed by atoms with Crippen LogP contribution in [0.3, 0.4) is 0 Å². The molecule has 1 heterocycles. The lowest BCUT2D eigenvalue weighted by molar-refractivity contribution is 0.0521. The van der Waals surface area contributed by atoms with Gasteiger partial charge in [0.15, 0.2) is 9.84 Å². The van der Waals surface area contributed by atoms with Crippen LogP contribution in [-0.4, -0.2) is 32.2 Å². The average molecular weight is 262 g/mol. The molecule has 0 radical (unpaired) electrons. The number of aromatic nitrogens is 1. The lowest BCUT2D eigenvalue weighted by atomic mass is 10.4. The van der Waals surface area contributed by atoms with Gasteiger partial charge in [0, 0.05) is 6.26 Å². The predicted molar refractivity (Wildman–Crippen MR) is 60.1 cm³/mol. The second-order valence-corrected chi connectivity index (χ2v) is 5.82. The number of rotatable bonds is 4. The zero-order valence-corrected chi connectivity index (χ0v) is 10.6. The fourth-order valence-corrected chi connectivity index (χ4v) is 1.52. The smallest absolute Gasteiger partial charge is 0.362 e. The Morgan fingerprint density at radius 2 is 2.18 bits per heavy atom. The minimum absolute atomic E-state index is 0.118. The molecule has 2 N–H and O–H groups in total. The van der Waals surface area contributed by atoms with Crippen molar-refractivity contribution in [3.05, 3.63) is 11.6 Å². The Balaban J connectivity index is 3.08. The van der Waals surface area contributed by atoms with Gasteiger partial charge < -0.3 is 14.9 Å². The highest BCUT2D eigenvalue weighted by atomic mass is 32.2. The van der Waals surface area contributed by atoms with Crippen LogP contribution in [0.2, 0.25) is 0 Å². The maximum absolute atomic E-state index is 11.4. The molecule has 0 fully saturated rings. The summed E-state index contributed by atoms with van der Waals surface area (Å²) in [6, 6.07) is 0. The van der Waals surface area contributed by atoms with E-state index in [2.05, 4.69) is 4.98 Å². The van der Waals surface area contributed by atoms with Gasteiger partial charge in [-0.2, -0.15) is 0 Å². The van der Waals surface area contributed by atoms with Gasteiger partial charge in [0.05, 0.1) is 6.61 Å². The number of oxazole rings is 1. The quantitative estimate of drug-likeness (QED) is 0.788. The van der Waals surface area contributed by atoms with Crippen molar-refractivity contribution >= 4 is 21.7 Å². The van der Waals surface area contributed by atoms with Crippen molar-refractivity contribution in [3.8, 4) is 0 Å². The lowest BCUT2D eigenvalue weighted by Crippen LogP contribution is -2.10. The Morgan fingerprint density at radius 3 is 2.65 bits per heavy atom. The first kappa shape index (κ1) is 13.5. The van der Waals surface area contributed by atoms with Crippen LogP contribution in [-0.2, 0) is 14.6 Å². The van der Waals surface area contributed by atoms with E-state index in [0.717, 1.165) is 6.26 Å². The fraction of sp³-hybridized carbons (Fsp3) is 0.556. The van der Waals surface area contributed by atoms with Gasteiger partial charge in [-0.05, 0) is 13.8 Å². The molecule has 0 saturated carbocycles. The normalized spacial score (nSPS) is 13.4. The number of carbonyl (C=O) groups excluding carboxylic acids is 1. The van der Waals surface area contributed by atoms with Crippen LogP contribution in [0.15, 0.2) is 4.42 Å². The van der Waals surface area contributed by atoms with E-state index in [0.29, 0.717) is 0 Å². The standard InChI is InChI=1S/C9H14N2O5S/c1-4-15-9(12)6-7(10)16-8(11-6)5(2)17(3,13)14/h5H,4,10H2,1-3H3. The Morgan fingerprint density at radius 1 is 1.59 bits per heavy atom. The molecule has 0 spiro atoms. The topological polar surface area (TPSA) is 112 Å². The van der Waals surface area contributed by atoms with Crippen molar-refractivity contribution in [1.29, 1.82) is 0 Å². The van der Waals surface area contributed by atoms with E-state index >= 15 is 0 Å². The van der Waals surface area contributed by atoms with Gasteiger partial charge in [-0.1, -0.05) is 0 Å². The van der Waals surface area contributed by atoms with E-state index in [9.17, 15) is 13.2 Å². The number of ether oxygens (including phenoxy) is 1. The number of nitrogens with two attached hydrogens (primary N) is 1. The van der Waals surface area contributed by atoms with E-state index in [1.54, 1.807) is 6.92 Å². The summed E-state index contributed by atoms with van der Waals surface area (Å²) in [6.07, 6.45) is 1.04. The van der Waals surface area contributed by atoms with Crippen molar-refractivity contribution in [2.75, 3.05) is 18.6 Å². The molecule has 1 aromatic heterocycles. The van der Waals surface area contributed by atoms with E-state index < -0.39 is 21.1 Å². The first-order chi connectivity index (χ1) is 7.77. The van der Waals surface area contributed by atoms with Crippen LogP contribution in [0.1, 0.15) is 35.5 Å². The maximum atomic E-state index is 11.4. The highest BCUT2D eigenvalue weighted by Gasteiger charge is 2.27. The van der Waals surface area contributed by atoms with E-state index in [4.69, 9.17) is 14.9 Å². The SMILES string of the molecule is CCOC(=O)c1nc(C(C)S(C)(=O)=O)oc1N. The molecule has 0 aromatic carbocycles. The van der Waals surface area contributed by atoms with Gasteiger partial charge in [-0.15, -0.1) is 0 Å². The minimum Gasteiger partial charge on any atom is -0.461 e. The second kappa shape index (κ2) is 4.74. The minimum atomic E-state index is -3.36.